The van der Waals surface area contributed by atoms with Crippen LogP contribution in [0.25, 0.3) is 5.57 Å². The quantitative estimate of drug-likeness (QED) is 0.797. The van der Waals surface area contributed by atoms with Crippen molar-refractivity contribution in [3.05, 3.63) is 42.0 Å². The van der Waals surface area contributed by atoms with E-state index in [1.54, 1.807) is 6.08 Å². The van der Waals surface area contributed by atoms with Gasteiger partial charge in [-0.25, -0.2) is 0 Å². The summed E-state index contributed by atoms with van der Waals surface area (Å²) in [5.74, 6) is 0.868. The number of hydrogen-bond acceptors (Lipinski definition) is 3. The van der Waals surface area contributed by atoms with E-state index in [0.717, 1.165) is 69.9 Å². The van der Waals surface area contributed by atoms with Crippen LogP contribution in [0.5, 0.6) is 0 Å². The predicted octanol–water partition coefficient (Wildman–Crippen LogP) is 2.66. The zero-order chi connectivity index (χ0) is 16.8. The third-order valence-electron chi connectivity index (χ3n) is 5.12. The standard InChI is InChI=1S/C20H28N2O2/c1-17(19-5-3-2-4-6-19)15-20(23)22-9-7-18(8-10-22)16-21-11-13-24-14-12-21/h2-6,15,18H,7-14,16H2,1H3/b17-15+. The number of carbonyl (C=O) groups excluding carboxylic acids is 1. The van der Waals surface area contributed by atoms with Crippen LogP contribution >= 0.6 is 0 Å². The van der Waals surface area contributed by atoms with Gasteiger partial charge in [-0.1, -0.05) is 30.3 Å². The summed E-state index contributed by atoms with van der Waals surface area (Å²) in [4.78, 5) is 17.0. The van der Waals surface area contributed by atoms with Gasteiger partial charge in [0.1, 0.15) is 0 Å². The molecule has 0 N–H and O–H groups in total. The monoisotopic (exact) mass is 328 g/mol. The number of allylic oxidation sites excluding steroid dienone is 1. The highest BCUT2D eigenvalue weighted by Gasteiger charge is 2.24. The Morgan fingerprint density at radius 2 is 1.79 bits per heavy atom. The lowest BCUT2D eigenvalue weighted by Gasteiger charge is -2.35. The first-order chi connectivity index (χ1) is 11.7. The number of likely N-dealkylation sites (tertiary alicyclic amines) is 1. The van der Waals surface area contributed by atoms with Crippen molar-refractivity contribution in [3.8, 4) is 0 Å². The molecule has 4 heteroatoms. The maximum absolute atomic E-state index is 12.5. The summed E-state index contributed by atoms with van der Waals surface area (Å²) in [6.07, 6.45) is 4.01. The topological polar surface area (TPSA) is 32.8 Å². The second-order valence-electron chi connectivity index (χ2n) is 6.88. The van der Waals surface area contributed by atoms with Gasteiger partial charge >= 0.3 is 0 Å². The number of benzene rings is 1. The van der Waals surface area contributed by atoms with Crippen molar-refractivity contribution in [2.24, 2.45) is 5.92 Å². The summed E-state index contributed by atoms with van der Waals surface area (Å²) >= 11 is 0. The van der Waals surface area contributed by atoms with Gasteiger partial charge in [-0.05, 0) is 36.8 Å². The molecule has 0 atom stereocenters. The molecular formula is C20H28N2O2. The summed E-state index contributed by atoms with van der Waals surface area (Å²) in [6, 6.07) is 10.1. The van der Waals surface area contributed by atoms with Gasteiger partial charge in [0.15, 0.2) is 0 Å². The molecule has 0 unspecified atom stereocenters. The van der Waals surface area contributed by atoms with Crippen LogP contribution in [0.15, 0.2) is 36.4 Å². The molecule has 2 aliphatic heterocycles. The van der Waals surface area contributed by atoms with Crippen LogP contribution in [0.2, 0.25) is 0 Å². The second-order valence-corrected chi connectivity index (χ2v) is 6.88. The molecule has 24 heavy (non-hydrogen) atoms. The summed E-state index contributed by atoms with van der Waals surface area (Å²) in [6.45, 7) is 8.76. The van der Waals surface area contributed by atoms with Crippen molar-refractivity contribution in [3.63, 3.8) is 0 Å². The first-order valence-electron chi connectivity index (χ1n) is 9.05. The van der Waals surface area contributed by atoms with E-state index < -0.39 is 0 Å². The molecular weight excluding hydrogens is 300 g/mol. The van der Waals surface area contributed by atoms with E-state index in [4.69, 9.17) is 4.74 Å². The van der Waals surface area contributed by atoms with E-state index in [9.17, 15) is 4.79 Å². The summed E-state index contributed by atoms with van der Waals surface area (Å²) in [7, 11) is 0. The van der Waals surface area contributed by atoms with Crippen LogP contribution in [-0.4, -0.2) is 61.6 Å². The van der Waals surface area contributed by atoms with Crippen LogP contribution in [-0.2, 0) is 9.53 Å². The molecule has 1 amide bonds. The maximum atomic E-state index is 12.5. The Morgan fingerprint density at radius 3 is 2.46 bits per heavy atom. The average molecular weight is 328 g/mol. The van der Waals surface area contributed by atoms with Gasteiger partial charge in [-0.2, -0.15) is 0 Å². The number of carbonyl (C=O) groups is 1. The zero-order valence-corrected chi connectivity index (χ0v) is 14.6. The van der Waals surface area contributed by atoms with Crippen molar-refractivity contribution < 1.29 is 9.53 Å². The molecule has 2 fully saturated rings. The first kappa shape index (κ1) is 17.2. The third kappa shape index (κ3) is 4.68. The molecule has 3 rings (SSSR count). The third-order valence-corrected chi connectivity index (χ3v) is 5.12. The second kappa shape index (κ2) is 8.45. The minimum absolute atomic E-state index is 0.154. The van der Waals surface area contributed by atoms with Gasteiger partial charge in [0.25, 0.3) is 0 Å². The fraction of sp³-hybridized carbons (Fsp3) is 0.550. The summed E-state index contributed by atoms with van der Waals surface area (Å²) in [5.41, 5.74) is 2.16. The van der Waals surface area contributed by atoms with Crippen LogP contribution in [0.3, 0.4) is 0 Å². The number of hydrogen-bond donors (Lipinski definition) is 0. The average Bonchev–Trinajstić information content (AvgIpc) is 2.64. The minimum atomic E-state index is 0.154. The zero-order valence-electron chi connectivity index (χ0n) is 14.6. The van der Waals surface area contributed by atoms with E-state index in [-0.39, 0.29) is 5.91 Å². The van der Waals surface area contributed by atoms with Crippen molar-refractivity contribution >= 4 is 11.5 Å². The van der Waals surface area contributed by atoms with Gasteiger partial charge in [0.2, 0.25) is 5.91 Å². The highest BCUT2D eigenvalue weighted by atomic mass is 16.5. The Morgan fingerprint density at radius 1 is 1.12 bits per heavy atom. The van der Waals surface area contributed by atoms with Gasteiger partial charge in [0.05, 0.1) is 13.2 Å². The Bertz CT molecular complexity index is 556. The Kier molecular flexibility index (Phi) is 6.05. The van der Waals surface area contributed by atoms with Crippen LogP contribution < -0.4 is 0 Å². The minimum Gasteiger partial charge on any atom is -0.379 e. The van der Waals surface area contributed by atoms with E-state index in [1.807, 2.05) is 42.2 Å². The summed E-state index contributed by atoms with van der Waals surface area (Å²) in [5, 5.41) is 0. The fourth-order valence-electron chi connectivity index (χ4n) is 3.55. The lowest BCUT2D eigenvalue weighted by atomic mass is 9.95. The van der Waals surface area contributed by atoms with Crippen molar-refractivity contribution in [2.75, 3.05) is 45.9 Å². The number of rotatable bonds is 4. The highest BCUT2D eigenvalue weighted by molar-refractivity contribution is 5.94. The maximum Gasteiger partial charge on any atom is 0.246 e. The Hall–Kier alpha value is -1.65. The van der Waals surface area contributed by atoms with Crippen molar-refractivity contribution in [1.82, 2.24) is 9.80 Å². The van der Waals surface area contributed by atoms with E-state index in [2.05, 4.69) is 4.90 Å². The number of morpholine rings is 1. The number of ether oxygens (including phenoxy) is 1. The molecule has 4 nitrogen and oxygen atoms in total. The van der Waals surface area contributed by atoms with Gasteiger partial charge in [-0.3, -0.25) is 9.69 Å². The molecule has 0 aliphatic carbocycles. The van der Waals surface area contributed by atoms with Gasteiger partial charge in [0, 0.05) is 38.8 Å². The molecule has 130 valence electrons. The Balaban J connectivity index is 1.48. The molecule has 0 spiro atoms. The van der Waals surface area contributed by atoms with Crippen LogP contribution in [0.1, 0.15) is 25.3 Å². The molecule has 0 aromatic heterocycles. The van der Waals surface area contributed by atoms with Crippen LogP contribution in [0.4, 0.5) is 0 Å². The summed E-state index contributed by atoms with van der Waals surface area (Å²) < 4.78 is 5.41. The number of piperidine rings is 1. The lowest BCUT2D eigenvalue weighted by molar-refractivity contribution is -0.127. The smallest absolute Gasteiger partial charge is 0.246 e. The molecule has 1 aromatic carbocycles. The largest absolute Gasteiger partial charge is 0.379 e. The SMILES string of the molecule is C/C(=C\C(=O)N1CCC(CN2CCOCC2)CC1)c1ccccc1. The lowest BCUT2D eigenvalue weighted by Crippen LogP contribution is -2.44. The van der Waals surface area contributed by atoms with Crippen LogP contribution in [0, 0.1) is 5.92 Å². The number of nitrogens with zero attached hydrogens (tertiary/aromatic N) is 2. The van der Waals surface area contributed by atoms with E-state index in [1.165, 1.54) is 0 Å². The molecule has 0 radical (unpaired) electrons. The molecule has 0 bridgehead atoms. The van der Waals surface area contributed by atoms with E-state index in [0.29, 0.717) is 5.92 Å². The highest BCUT2D eigenvalue weighted by Crippen LogP contribution is 2.20. The van der Waals surface area contributed by atoms with Gasteiger partial charge in [-0.15, -0.1) is 0 Å². The fourth-order valence-corrected chi connectivity index (χ4v) is 3.55. The van der Waals surface area contributed by atoms with Crippen molar-refractivity contribution in [2.45, 2.75) is 19.8 Å². The predicted molar refractivity (Wildman–Crippen MR) is 96.7 cm³/mol. The van der Waals surface area contributed by atoms with Gasteiger partial charge < -0.3 is 9.64 Å². The normalized spacial score (nSPS) is 21.0. The Labute approximate surface area is 145 Å². The molecule has 2 aliphatic rings. The molecule has 2 saturated heterocycles. The number of amides is 1. The van der Waals surface area contributed by atoms with Crippen molar-refractivity contribution in [1.29, 1.82) is 0 Å². The molecule has 2 heterocycles. The van der Waals surface area contributed by atoms with E-state index >= 15 is 0 Å². The first-order valence-corrected chi connectivity index (χ1v) is 9.05. The molecule has 1 aromatic rings. The molecule has 0 saturated carbocycles.